The maximum Gasteiger partial charge on any atom is 0.433 e. The van der Waals surface area contributed by atoms with Crippen LogP contribution < -0.4 is 4.90 Å². The maximum absolute atomic E-state index is 12.7. The number of hydrogen-bond acceptors (Lipinski definition) is 3. The predicted molar refractivity (Wildman–Crippen MR) is 68.3 cm³/mol. The van der Waals surface area contributed by atoms with Gasteiger partial charge in [-0.05, 0) is 31.7 Å². The Bertz CT molecular complexity index is 466. The maximum atomic E-state index is 12.7. The molecule has 0 amide bonds. The minimum absolute atomic E-state index is 0.224. The lowest BCUT2D eigenvalue weighted by Crippen LogP contribution is -2.44. The molecule has 2 unspecified atom stereocenters. The van der Waals surface area contributed by atoms with Gasteiger partial charge in [-0.15, -0.1) is 0 Å². The van der Waals surface area contributed by atoms with Crippen molar-refractivity contribution in [3.05, 3.63) is 18.0 Å². The van der Waals surface area contributed by atoms with Gasteiger partial charge in [-0.25, -0.2) is 9.97 Å². The van der Waals surface area contributed by atoms with Gasteiger partial charge in [0, 0.05) is 23.1 Å². The standard InChI is InChI=1S/C12H13BrF3N3/c13-7-5-8-1-2-9(6-7)19(8)11-17-4-3-10(18-11)12(14,15)16/h3-4,7-9H,1-2,5-6H2. The van der Waals surface area contributed by atoms with E-state index in [1.54, 1.807) is 0 Å². The molecule has 3 nitrogen and oxygen atoms in total. The highest BCUT2D eigenvalue weighted by atomic mass is 79.9. The van der Waals surface area contributed by atoms with E-state index < -0.39 is 11.9 Å². The molecule has 0 aromatic carbocycles. The normalized spacial score (nSPS) is 30.7. The molecule has 19 heavy (non-hydrogen) atoms. The summed E-state index contributed by atoms with van der Waals surface area (Å²) in [6.45, 7) is 0. The Kier molecular flexibility index (Phi) is 3.19. The van der Waals surface area contributed by atoms with Crippen molar-refractivity contribution in [1.29, 1.82) is 0 Å². The molecule has 2 aliphatic heterocycles. The van der Waals surface area contributed by atoms with Crippen molar-refractivity contribution in [2.24, 2.45) is 0 Å². The Balaban J connectivity index is 1.91. The van der Waals surface area contributed by atoms with Gasteiger partial charge < -0.3 is 4.90 Å². The van der Waals surface area contributed by atoms with Gasteiger partial charge >= 0.3 is 6.18 Å². The Labute approximate surface area is 117 Å². The van der Waals surface area contributed by atoms with E-state index in [0.717, 1.165) is 31.7 Å². The summed E-state index contributed by atoms with van der Waals surface area (Å²) in [7, 11) is 0. The van der Waals surface area contributed by atoms with Crippen LogP contribution in [0.25, 0.3) is 0 Å². The second kappa shape index (κ2) is 4.61. The molecule has 0 saturated carbocycles. The Morgan fingerprint density at radius 2 is 1.84 bits per heavy atom. The highest BCUT2D eigenvalue weighted by Gasteiger charge is 2.42. The molecule has 2 atom stereocenters. The number of anilines is 1. The van der Waals surface area contributed by atoms with Gasteiger partial charge in [-0.2, -0.15) is 13.2 Å². The van der Waals surface area contributed by atoms with Crippen LogP contribution in [0.5, 0.6) is 0 Å². The van der Waals surface area contributed by atoms with Crippen LogP contribution in [0.4, 0.5) is 19.1 Å². The minimum atomic E-state index is -4.41. The van der Waals surface area contributed by atoms with Crippen molar-refractivity contribution < 1.29 is 13.2 Å². The fraction of sp³-hybridized carbons (Fsp3) is 0.667. The zero-order valence-corrected chi connectivity index (χ0v) is 11.7. The zero-order valence-electron chi connectivity index (χ0n) is 10.1. The number of aromatic nitrogens is 2. The molecule has 3 rings (SSSR count). The average molecular weight is 336 g/mol. The van der Waals surface area contributed by atoms with Crippen molar-refractivity contribution in [1.82, 2.24) is 9.97 Å². The number of rotatable bonds is 1. The summed E-state index contributed by atoms with van der Waals surface area (Å²) in [5.41, 5.74) is -0.863. The van der Waals surface area contributed by atoms with Gasteiger partial charge in [0.1, 0.15) is 5.69 Å². The van der Waals surface area contributed by atoms with Crippen molar-refractivity contribution in [3.63, 3.8) is 0 Å². The number of alkyl halides is 4. The molecule has 2 fully saturated rings. The summed E-state index contributed by atoms with van der Waals surface area (Å²) in [5, 5.41) is 0. The fourth-order valence-electron chi connectivity index (χ4n) is 3.07. The lowest BCUT2D eigenvalue weighted by atomic mass is 10.0. The largest absolute Gasteiger partial charge is 0.433 e. The smallest absolute Gasteiger partial charge is 0.335 e. The molecule has 1 aromatic heterocycles. The van der Waals surface area contributed by atoms with Gasteiger partial charge in [-0.3, -0.25) is 0 Å². The van der Waals surface area contributed by atoms with Crippen LogP contribution in [0.3, 0.4) is 0 Å². The first-order chi connectivity index (χ1) is 8.95. The second-order valence-electron chi connectivity index (χ2n) is 5.10. The first-order valence-electron chi connectivity index (χ1n) is 6.28. The van der Waals surface area contributed by atoms with Crippen molar-refractivity contribution in [3.8, 4) is 0 Å². The van der Waals surface area contributed by atoms with E-state index in [4.69, 9.17) is 0 Å². The molecule has 3 heterocycles. The van der Waals surface area contributed by atoms with Gasteiger partial charge in [0.25, 0.3) is 0 Å². The fourth-order valence-corrected chi connectivity index (χ4v) is 3.93. The third-order valence-electron chi connectivity index (χ3n) is 3.84. The third kappa shape index (κ3) is 2.44. The number of halogens is 4. The van der Waals surface area contributed by atoms with E-state index in [1.165, 1.54) is 6.20 Å². The molecule has 7 heteroatoms. The quantitative estimate of drug-likeness (QED) is 0.736. The molecule has 0 spiro atoms. The van der Waals surface area contributed by atoms with Crippen LogP contribution in [0, 0.1) is 0 Å². The van der Waals surface area contributed by atoms with E-state index in [2.05, 4.69) is 25.9 Å². The first-order valence-corrected chi connectivity index (χ1v) is 7.19. The zero-order chi connectivity index (χ0) is 13.6. The number of fused-ring (bicyclic) bond motifs is 2. The van der Waals surface area contributed by atoms with Crippen LogP contribution in [0.2, 0.25) is 0 Å². The van der Waals surface area contributed by atoms with E-state index in [1.807, 2.05) is 4.90 Å². The van der Waals surface area contributed by atoms with E-state index in [9.17, 15) is 13.2 Å². The molecule has 2 bridgehead atoms. The topological polar surface area (TPSA) is 29.0 Å². The summed E-state index contributed by atoms with van der Waals surface area (Å²) in [4.78, 5) is 10.2. The molecule has 2 saturated heterocycles. The monoisotopic (exact) mass is 335 g/mol. The summed E-state index contributed by atoms with van der Waals surface area (Å²) in [5.74, 6) is 0.224. The number of piperidine rings is 1. The van der Waals surface area contributed by atoms with Crippen LogP contribution in [0.15, 0.2) is 12.3 Å². The third-order valence-corrected chi connectivity index (χ3v) is 4.59. The SMILES string of the molecule is FC(F)(F)c1ccnc(N2C3CCC2CC(Br)C3)n1. The second-order valence-corrected chi connectivity index (χ2v) is 6.40. The summed E-state index contributed by atoms with van der Waals surface area (Å²) < 4.78 is 38.1. The molecule has 0 aliphatic carbocycles. The van der Waals surface area contributed by atoms with E-state index in [0.29, 0.717) is 4.83 Å². The van der Waals surface area contributed by atoms with Gasteiger partial charge in [0.2, 0.25) is 5.95 Å². The van der Waals surface area contributed by atoms with Crippen LogP contribution in [-0.4, -0.2) is 26.9 Å². The van der Waals surface area contributed by atoms with Crippen molar-refractivity contribution in [2.75, 3.05) is 4.90 Å². The van der Waals surface area contributed by atoms with Gasteiger partial charge in [0.15, 0.2) is 0 Å². The van der Waals surface area contributed by atoms with Crippen molar-refractivity contribution >= 4 is 21.9 Å². The molecule has 0 radical (unpaired) electrons. The molecule has 2 aliphatic rings. The van der Waals surface area contributed by atoms with Crippen molar-refractivity contribution in [2.45, 2.75) is 48.8 Å². The summed E-state index contributed by atoms with van der Waals surface area (Å²) in [6.07, 6.45) is 0.681. The molecular weight excluding hydrogens is 323 g/mol. The molecule has 104 valence electrons. The van der Waals surface area contributed by atoms with Gasteiger partial charge in [0.05, 0.1) is 0 Å². The lowest BCUT2D eigenvalue weighted by molar-refractivity contribution is -0.141. The minimum Gasteiger partial charge on any atom is -0.335 e. The first kappa shape index (κ1) is 13.1. The molecular formula is C12H13BrF3N3. The Morgan fingerprint density at radius 3 is 2.42 bits per heavy atom. The lowest BCUT2D eigenvalue weighted by Gasteiger charge is -2.37. The highest BCUT2D eigenvalue weighted by molar-refractivity contribution is 9.09. The van der Waals surface area contributed by atoms with Gasteiger partial charge in [-0.1, -0.05) is 15.9 Å². The highest BCUT2D eigenvalue weighted by Crippen LogP contribution is 2.40. The average Bonchev–Trinajstić information content (AvgIpc) is 2.61. The predicted octanol–water partition coefficient (Wildman–Crippen LogP) is 3.39. The number of nitrogens with zero attached hydrogens (tertiary/aromatic N) is 3. The van der Waals surface area contributed by atoms with Crippen LogP contribution in [0.1, 0.15) is 31.4 Å². The van der Waals surface area contributed by atoms with Crippen LogP contribution in [-0.2, 0) is 6.18 Å². The van der Waals surface area contributed by atoms with E-state index in [-0.39, 0.29) is 18.0 Å². The van der Waals surface area contributed by atoms with Crippen LogP contribution >= 0.6 is 15.9 Å². The summed E-state index contributed by atoms with van der Waals surface area (Å²) >= 11 is 3.61. The Morgan fingerprint density at radius 1 is 1.21 bits per heavy atom. The summed E-state index contributed by atoms with van der Waals surface area (Å²) in [6, 6.07) is 1.43. The molecule has 0 N–H and O–H groups in total. The Hall–Kier alpha value is -0.850. The number of hydrogen-bond donors (Lipinski definition) is 0. The molecule has 1 aromatic rings. The van der Waals surface area contributed by atoms with E-state index >= 15 is 0 Å².